The zero-order valence-corrected chi connectivity index (χ0v) is 19.0. The fraction of sp³-hybridized carbons (Fsp3) is 0.250. The summed E-state index contributed by atoms with van der Waals surface area (Å²) >= 11 is 0. The number of hydrogen-bond donors (Lipinski definition) is 1. The molecule has 0 aliphatic heterocycles. The number of carbonyl (C=O) groups excluding carboxylic acids is 1. The highest BCUT2D eigenvalue weighted by Crippen LogP contribution is 2.36. The molecule has 2 heterocycles. The maximum Gasteiger partial charge on any atom is 0.440 e. The summed E-state index contributed by atoms with van der Waals surface area (Å²) in [5.41, 5.74) is -0.268. The molecule has 0 saturated heterocycles. The van der Waals surface area contributed by atoms with Gasteiger partial charge in [0.05, 0.1) is 20.3 Å². The molecule has 0 amide bonds. The van der Waals surface area contributed by atoms with E-state index in [9.17, 15) is 14.4 Å². The molecule has 0 spiro atoms. The van der Waals surface area contributed by atoms with Crippen LogP contribution in [-0.4, -0.2) is 40.8 Å². The molecule has 2 aromatic heterocycles. The van der Waals surface area contributed by atoms with Crippen molar-refractivity contribution >= 4 is 16.6 Å². The number of hydrogen-bond acceptors (Lipinski definition) is 8. The average molecular weight is 465 g/mol. The third-order valence-corrected chi connectivity index (χ3v) is 5.15. The molecule has 1 atom stereocenters. The van der Waals surface area contributed by atoms with Crippen molar-refractivity contribution in [2.45, 2.75) is 26.0 Å². The monoisotopic (exact) mass is 465 g/mol. The predicted octanol–water partition coefficient (Wildman–Crippen LogP) is 2.95. The van der Waals surface area contributed by atoms with Crippen LogP contribution in [0.15, 0.2) is 62.9 Å². The molecule has 1 unspecified atom stereocenters. The third-order valence-electron chi connectivity index (χ3n) is 5.15. The molecule has 0 radical (unpaired) electrons. The Morgan fingerprint density at radius 3 is 2.44 bits per heavy atom. The summed E-state index contributed by atoms with van der Waals surface area (Å²) in [6, 6.07) is 8.64. The summed E-state index contributed by atoms with van der Waals surface area (Å²) in [6.45, 7) is 3.74. The number of ether oxygens (including phenoxy) is 3. The maximum atomic E-state index is 13.8. The number of H-pyrrole nitrogens is 1. The Morgan fingerprint density at radius 2 is 1.79 bits per heavy atom. The van der Waals surface area contributed by atoms with Crippen LogP contribution in [0.5, 0.6) is 17.2 Å². The van der Waals surface area contributed by atoms with Crippen LogP contribution in [0.3, 0.4) is 0 Å². The van der Waals surface area contributed by atoms with E-state index in [0.29, 0.717) is 38.3 Å². The van der Waals surface area contributed by atoms with Gasteiger partial charge in [-0.1, -0.05) is 12.1 Å². The minimum atomic E-state index is -1.32. The third kappa shape index (κ3) is 4.29. The van der Waals surface area contributed by atoms with Gasteiger partial charge < -0.3 is 18.7 Å². The van der Waals surface area contributed by atoms with Gasteiger partial charge in [-0.05, 0) is 43.5 Å². The highest BCUT2D eigenvalue weighted by atomic mass is 16.5. The van der Waals surface area contributed by atoms with Gasteiger partial charge in [0.1, 0.15) is 5.75 Å². The van der Waals surface area contributed by atoms with E-state index in [4.69, 9.17) is 18.7 Å². The van der Waals surface area contributed by atoms with Crippen molar-refractivity contribution in [3.8, 4) is 17.2 Å². The zero-order valence-electron chi connectivity index (χ0n) is 19.0. The van der Waals surface area contributed by atoms with Crippen molar-refractivity contribution in [3.05, 3.63) is 81.0 Å². The van der Waals surface area contributed by atoms with E-state index in [1.165, 1.54) is 20.4 Å². The van der Waals surface area contributed by atoms with Gasteiger partial charge in [0, 0.05) is 28.9 Å². The largest absolute Gasteiger partial charge is 0.493 e. The number of fused-ring (bicyclic) bond motifs is 1. The fourth-order valence-electron chi connectivity index (χ4n) is 3.73. The molecule has 34 heavy (non-hydrogen) atoms. The first-order valence-electron chi connectivity index (χ1n) is 10.4. The molecular weight excluding hydrogens is 442 g/mol. The summed E-state index contributed by atoms with van der Waals surface area (Å²) in [5, 5.41) is 1.20. The van der Waals surface area contributed by atoms with Crippen LogP contribution >= 0.6 is 0 Å². The molecular formula is C24H23N3O7. The number of rotatable bonds is 8. The van der Waals surface area contributed by atoms with E-state index in [0.717, 1.165) is 0 Å². The maximum absolute atomic E-state index is 13.8. The Labute approximate surface area is 193 Å². The number of Topliss-reactive ketones (excluding diaryl/α,β-unsaturated/α-hetero) is 1. The summed E-state index contributed by atoms with van der Waals surface area (Å²) in [6.07, 6.45) is 2.94. The lowest BCUT2D eigenvalue weighted by molar-refractivity contribution is 0.0878. The van der Waals surface area contributed by atoms with Gasteiger partial charge in [0.2, 0.25) is 0 Å². The second kappa shape index (κ2) is 9.26. The number of carbonyl (C=O) groups is 1. The van der Waals surface area contributed by atoms with Crippen molar-refractivity contribution in [2.24, 2.45) is 0 Å². The van der Waals surface area contributed by atoms with Crippen LogP contribution in [0.4, 0.5) is 0 Å². The van der Waals surface area contributed by atoms with Gasteiger partial charge in [0.25, 0.3) is 0 Å². The lowest BCUT2D eigenvalue weighted by Gasteiger charge is -2.18. The van der Waals surface area contributed by atoms with E-state index in [-0.39, 0.29) is 11.7 Å². The first-order chi connectivity index (χ1) is 16.3. The molecule has 0 fully saturated rings. The van der Waals surface area contributed by atoms with Gasteiger partial charge in [-0.3, -0.25) is 9.78 Å². The Morgan fingerprint density at radius 1 is 1.06 bits per heavy atom. The van der Waals surface area contributed by atoms with Crippen molar-refractivity contribution < 1.29 is 23.5 Å². The van der Waals surface area contributed by atoms with Crippen LogP contribution in [-0.2, 0) is 0 Å². The number of aromatic amines is 1. The van der Waals surface area contributed by atoms with E-state index in [1.54, 1.807) is 42.6 Å². The van der Waals surface area contributed by atoms with Crippen molar-refractivity contribution in [1.82, 2.24) is 14.7 Å². The first kappa shape index (κ1) is 22.8. The van der Waals surface area contributed by atoms with E-state index >= 15 is 0 Å². The molecule has 0 bridgehead atoms. The fourth-order valence-corrected chi connectivity index (χ4v) is 3.73. The quantitative estimate of drug-likeness (QED) is 0.394. The Hall–Kier alpha value is -4.34. The summed E-state index contributed by atoms with van der Waals surface area (Å²) < 4.78 is 22.3. The minimum absolute atomic E-state index is 0.101. The SMILES string of the molecule is COc1cc2cncc(C(C(=O)c3cccc(OC(C)C)c3)n3oc(=O)[nH]c3=O)c2cc1OC. The molecule has 0 saturated carbocycles. The van der Waals surface area contributed by atoms with Gasteiger partial charge in [-0.2, -0.15) is 0 Å². The number of benzene rings is 2. The molecule has 176 valence electrons. The van der Waals surface area contributed by atoms with Crippen LogP contribution in [0.25, 0.3) is 10.8 Å². The highest BCUT2D eigenvalue weighted by Gasteiger charge is 2.31. The summed E-state index contributed by atoms with van der Waals surface area (Å²) in [5.74, 6) is -0.0928. The van der Waals surface area contributed by atoms with E-state index in [1.807, 2.05) is 18.8 Å². The molecule has 4 aromatic rings. The van der Waals surface area contributed by atoms with Gasteiger partial charge in [-0.25, -0.2) is 14.6 Å². The van der Waals surface area contributed by atoms with E-state index in [2.05, 4.69) is 4.98 Å². The molecule has 2 aromatic carbocycles. The van der Waals surface area contributed by atoms with E-state index < -0.39 is 23.3 Å². The van der Waals surface area contributed by atoms with Crippen LogP contribution in [0.1, 0.15) is 35.8 Å². The van der Waals surface area contributed by atoms with Crippen LogP contribution in [0, 0.1) is 0 Å². The minimum Gasteiger partial charge on any atom is -0.493 e. The first-order valence-corrected chi connectivity index (χ1v) is 10.4. The summed E-state index contributed by atoms with van der Waals surface area (Å²) in [7, 11) is 3.00. The zero-order chi connectivity index (χ0) is 24.4. The Kier molecular flexibility index (Phi) is 6.22. The number of methoxy groups -OCH3 is 2. The van der Waals surface area contributed by atoms with Crippen molar-refractivity contribution in [2.75, 3.05) is 14.2 Å². The molecule has 10 heteroatoms. The van der Waals surface area contributed by atoms with Crippen LogP contribution in [0.2, 0.25) is 0 Å². The second-order valence-corrected chi connectivity index (χ2v) is 7.75. The van der Waals surface area contributed by atoms with Gasteiger partial charge in [0.15, 0.2) is 23.3 Å². The lowest BCUT2D eigenvalue weighted by atomic mass is 9.94. The molecule has 1 N–H and O–H groups in total. The lowest BCUT2D eigenvalue weighted by Crippen LogP contribution is -2.29. The summed E-state index contributed by atoms with van der Waals surface area (Å²) in [4.78, 5) is 44.4. The Balaban J connectivity index is 1.95. The second-order valence-electron chi connectivity index (χ2n) is 7.75. The molecule has 10 nitrogen and oxygen atoms in total. The molecule has 0 aliphatic rings. The van der Waals surface area contributed by atoms with Gasteiger partial charge >= 0.3 is 11.4 Å². The standard InChI is InChI=1S/C24H23N3O7/c1-13(2)33-16-7-5-6-14(8-16)22(28)21(27-23(29)26-24(30)34-27)18-12-25-11-15-9-19(31-3)20(32-4)10-17(15)18/h5-13,21H,1-4H3,(H,26,29,30). The van der Waals surface area contributed by atoms with Gasteiger partial charge in [-0.15, -0.1) is 4.74 Å². The Bertz CT molecular complexity index is 1470. The predicted molar refractivity (Wildman–Crippen MR) is 123 cm³/mol. The molecule has 4 rings (SSSR count). The van der Waals surface area contributed by atoms with Crippen molar-refractivity contribution in [3.63, 3.8) is 0 Å². The number of nitrogens with one attached hydrogen (secondary N) is 1. The average Bonchev–Trinajstić information content (AvgIpc) is 3.15. The number of aromatic nitrogens is 3. The number of nitrogens with zero attached hydrogens (tertiary/aromatic N) is 2. The smallest absolute Gasteiger partial charge is 0.440 e. The molecule has 0 aliphatic carbocycles. The normalized spacial score (nSPS) is 12.0. The topological polar surface area (TPSA) is 126 Å². The van der Waals surface area contributed by atoms with Crippen molar-refractivity contribution in [1.29, 1.82) is 0 Å². The number of ketones is 1. The van der Waals surface area contributed by atoms with Crippen LogP contribution < -0.4 is 25.7 Å². The highest BCUT2D eigenvalue weighted by molar-refractivity contribution is 6.03. The number of pyridine rings is 1.